The lowest BCUT2D eigenvalue weighted by molar-refractivity contribution is 0.0942. The fourth-order valence-corrected chi connectivity index (χ4v) is 5.53. The van der Waals surface area contributed by atoms with Gasteiger partial charge in [-0.15, -0.1) is 0 Å². The number of amides is 1. The fourth-order valence-electron chi connectivity index (χ4n) is 3.96. The quantitative estimate of drug-likeness (QED) is 0.613. The normalized spacial score (nSPS) is 16.1. The van der Waals surface area contributed by atoms with Gasteiger partial charge >= 0.3 is 0 Å². The molecule has 1 unspecified atom stereocenters. The monoisotopic (exact) mass is 449 g/mol. The third-order valence-corrected chi connectivity index (χ3v) is 7.59. The van der Waals surface area contributed by atoms with Crippen molar-refractivity contribution in [2.45, 2.75) is 36.6 Å². The second-order valence-corrected chi connectivity index (χ2v) is 9.86. The molecule has 3 aromatic rings. The number of pyridine rings is 1. The van der Waals surface area contributed by atoms with Crippen molar-refractivity contribution in [1.29, 1.82) is 0 Å². The van der Waals surface area contributed by atoms with E-state index in [-0.39, 0.29) is 10.8 Å². The number of hydrogen-bond acceptors (Lipinski definition) is 4. The molecule has 166 valence electrons. The zero-order chi connectivity index (χ0) is 22.4. The summed E-state index contributed by atoms with van der Waals surface area (Å²) in [6, 6.07) is 21.0. The van der Waals surface area contributed by atoms with Gasteiger partial charge in [-0.1, -0.05) is 55.3 Å². The van der Waals surface area contributed by atoms with Crippen molar-refractivity contribution >= 4 is 15.9 Å². The second kappa shape index (κ2) is 10.1. The number of sulfonamides is 1. The first-order valence-corrected chi connectivity index (χ1v) is 12.4. The molecule has 2 aromatic carbocycles. The van der Waals surface area contributed by atoms with Gasteiger partial charge in [0.15, 0.2) is 0 Å². The van der Waals surface area contributed by atoms with Crippen molar-refractivity contribution in [3.63, 3.8) is 0 Å². The number of benzene rings is 2. The van der Waals surface area contributed by atoms with Crippen LogP contribution in [0.4, 0.5) is 0 Å². The minimum Gasteiger partial charge on any atom is -0.340 e. The summed E-state index contributed by atoms with van der Waals surface area (Å²) in [7, 11) is -3.63. The van der Waals surface area contributed by atoms with Crippen LogP contribution in [-0.2, 0) is 10.0 Å². The fraction of sp³-hybridized carbons (Fsp3) is 0.280. The van der Waals surface area contributed by atoms with Crippen LogP contribution in [-0.4, -0.2) is 36.7 Å². The van der Waals surface area contributed by atoms with Gasteiger partial charge in [-0.2, -0.15) is 4.31 Å². The van der Waals surface area contributed by atoms with Crippen LogP contribution < -0.4 is 5.32 Å². The molecule has 0 saturated carbocycles. The lowest BCUT2D eigenvalue weighted by atomic mass is 10.0. The van der Waals surface area contributed by atoms with Crippen LogP contribution in [0.2, 0.25) is 0 Å². The Kier molecular flexibility index (Phi) is 6.97. The number of nitrogens with zero attached hydrogens (tertiary/aromatic N) is 2. The van der Waals surface area contributed by atoms with Crippen molar-refractivity contribution in [1.82, 2.24) is 14.6 Å². The van der Waals surface area contributed by atoms with Gasteiger partial charge in [-0.25, -0.2) is 8.42 Å². The predicted molar refractivity (Wildman–Crippen MR) is 124 cm³/mol. The summed E-state index contributed by atoms with van der Waals surface area (Å²) < 4.78 is 27.9. The first-order chi connectivity index (χ1) is 15.6. The van der Waals surface area contributed by atoms with Gasteiger partial charge in [-0.05, 0) is 48.7 Å². The molecule has 0 bridgehead atoms. The maximum atomic E-state index is 13.2. The highest BCUT2D eigenvalue weighted by atomic mass is 32.2. The van der Waals surface area contributed by atoms with E-state index < -0.39 is 16.1 Å². The van der Waals surface area contributed by atoms with E-state index in [1.807, 2.05) is 48.5 Å². The summed E-state index contributed by atoms with van der Waals surface area (Å²) in [5.74, 6) is -0.350. The van der Waals surface area contributed by atoms with Crippen molar-refractivity contribution in [2.75, 3.05) is 13.1 Å². The highest BCUT2D eigenvalue weighted by molar-refractivity contribution is 7.89. The Labute approximate surface area is 189 Å². The number of nitrogens with one attached hydrogen (secondary N) is 1. The minimum atomic E-state index is -3.63. The lowest BCUT2D eigenvalue weighted by Gasteiger charge is -2.21. The van der Waals surface area contributed by atoms with Crippen LogP contribution in [0.1, 0.15) is 53.3 Å². The smallest absolute Gasteiger partial charge is 0.252 e. The van der Waals surface area contributed by atoms with Crippen LogP contribution in [0.3, 0.4) is 0 Å². The number of rotatable bonds is 6. The molecule has 1 aliphatic heterocycles. The van der Waals surface area contributed by atoms with E-state index in [0.717, 1.165) is 31.2 Å². The molecule has 1 aliphatic rings. The summed E-state index contributed by atoms with van der Waals surface area (Å²) in [4.78, 5) is 17.7. The zero-order valence-corrected chi connectivity index (χ0v) is 18.7. The summed E-state index contributed by atoms with van der Waals surface area (Å²) in [5.41, 5.74) is 1.91. The first kappa shape index (κ1) is 22.2. The second-order valence-electron chi connectivity index (χ2n) is 7.92. The Balaban J connectivity index is 1.60. The Morgan fingerprint density at radius 2 is 1.59 bits per heavy atom. The van der Waals surface area contributed by atoms with Crippen LogP contribution >= 0.6 is 0 Å². The van der Waals surface area contributed by atoms with Crippen LogP contribution in [0.15, 0.2) is 83.9 Å². The third-order valence-electron chi connectivity index (χ3n) is 5.69. The molecule has 1 atom stereocenters. The van der Waals surface area contributed by atoms with Crippen LogP contribution in [0.25, 0.3) is 0 Å². The van der Waals surface area contributed by atoms with Gasteiger partial charge in [-0.3, -0.25) is 9.78 Å². The molecule has 7 heteroatoms. The molecule has 1 fully saturated rings. The van der Waals surface area contributed by atoms with E-state index in [1.165, 1.54) is 10.4 Å². The minimum absolute atomic E-state index is 0.154. The predicted octanol–water partition coefficient (Wildman–Crippen LogP) is 4.17. The maximum Gasteiger partial charge on any atom is 0.252 e. The molecule has 1 amide bonds. The molecular formula is C25H27N3O3S. The molecule has 1 N–H and O–H groups in total. The summed E-state index contributed by atoms with van der Waals surface area (Å²) in [6.45, 7) is 1.04. The van der Waals surface area contributed by atoms with Crippen LogP contribution in [0, 0.1) is 0 Å². The van der Waals surface area contributed by atoms with E-state index in [4.69, 9.17) is 0 Å². The molecule has 4 rings (SSSR count). The molecule has 1 aromatic heterocycles. The molecule has 0 radical (unpaired) electrons. The molecule has 1 saturated heterocycles. The van der Waals surface area contributed by atoms with Crippen LogP contribution in [0.5, 0.6) is 0 Å². The number of carbonyl (C=O) groups is 1. The Morgan fingerprint density at radius 1 is 0.875 bits per heavy atom. The average Bonchev–Trinajstić information content (AvgIpc) is 3.14. The molecule has 32 heavy (non-hydrogen) atoms. The summed E-state index contributed by atoms with van der Waals surface area (Å²) in [6.07, 6.45) is 5.50. The van der Waals surface area contributed by atoms with Gasteiger partial charge in [0.05, 0.1) is 16.6 Å². The standard InChI is InChI=1S/C25H27N3O3S/c29-25(27-24(20-11-4-3-5-12-20)23-15-6-7-16-26-23)21-13-10-14-22(19-21)32(30,31)28-17-8-1-2-9-18-28/h3-7,10-16,19,24H,1-2,8-9,17-18H2,(H,27,29). The lowest BCUT2D eigenvalue weighted by Crippen LogP contribution is -2.32. The molecule has 0 aliphatic carbocycles. The van der Waals surface area contributed by atoms with Crippen molar-refractivity contribution in [3.8, 4) is 0 Å². The van der Waals surface area contributed by atoms with Gasteiger partial charge in [0, 0.05) is 24.8 Å². The van der Waals surface area contributed by atoms with E-state index in [9.17, 15) is 13.2 Å². The van der Waals surface area contributed by atoms with Gasteiger partial charge in [0.1, 0.15) is 0 Å². The third kappa shape index (κ3) is 5.06. The highest BCUT2D eigenvalue weighted by Crippen LogP contribution is 2.23. The Bertz CT molecular complexity index is 1100. The van der Waals surface area contributed by atoms with E-state index in [1.54, 1.807) is 24.4 Å². The largest absolute Gasteiger partial charge is 0.340 e. The SMILES string of the molecule is O=C(NC(c1ccccc1)c1ccccn1)c1cccc(S(=O)(=O)N2CCCCCC2)c1. The molecule has 0 spiro atoms. The Hall–Kier alpha value is -3.03. The average molecular weight is 450 g/mol. The van der Waals surface area contributed by atoms with E-state index in [0.29, 0.717) is 24.3 Å². The van der Waals surface area contributed by atoms with Crippen molar-refractivity contribution in [3.05, 3.63) is 95.8 Å². The molecule has 6 nitrogen and oxygen atoms in total. The first-order valence-electron chi connectivity index (χ1n) is 10.9. The van der Waals surface area contributed by atoms with E-state index in [2.05, 4.69) is 10.3 Å². The Morgan fingerprint density at radius 3 is 2.28 bits per heavy atom. The topological polar surface area (TPSA) is 79.4 Å². The summed E-state index contributed by atoms with van der Waals surface area (Å²) >= 11 is 0. The zero-order valence-electron chi connectivity index (χ0n) is 17.9. The molecule has 2 heterocycles. The highest BCUT2D eigenvalue weighted by Gasteiger charge is 2.26. The van der Waals surface area contributed by atoms with Crippen molar-refractivity contribution in [2.24, 2.45) is 0 Å². The van der Waals surface area contributed by atoms with Crippen molar-refractivity contribution < 1.29 is 13.2 Å². The van der Waals surface area contributed by atoms with E-state index >= 15 is 0 Å². The van der Waals surface area contributed by atoms with Gasteiger partial charge in [0.25, 0.3) is 5.91 Å². The van der Waals surface area contributed by atoms with Gasteiger partial charge < -0.3 is 5.32 Å². The summed E-state index contributed by atoms with van der Waals surface area (Å²) in [5, 5.41) is 3.02. The number of hydrogen-bond donors (Lipinski definition) is 1. The number of carbonyl (C=O) groups excluding carboxylic acids is 1. The molecular weight excluding hydrogens is 422 g/mol. The number of aromatic nitrogens is 1. The van der Waals surface area contributed by atoms with Gasteiger partial charge in [0.2, 0.25) is 10.0 Å². The maximum absolute atomic E-state index is 13.2.